The van der Waals surface area contributed by atoms with Crippen molar-refractivity contribution in [3.63, 3.8) is 0 Å². The fourth-order valence-corrected chi connectivity index (χ4v) is 8.28. The lowest BCUT2D eigenvalue weighted by Gasteiger charge is -2.47. The van der Waals surface area contributed by atoms with Gasteiger partial charge in [0.05, 0.1) is 28.8 Å². The lowest BCUT2D eigenvalue weighted by Crippen LogP contribution is -2.63. The van der Waals surface area contributed by atoms with Crippen LogP contribution in [0.25, 0.3) is 0 Å². The zero-order valence-corrected chi connectivity index (χ0v) is 16.9. The van der Waals surface area contributed by atoms with E-state index >= 15 is 0 Å². The first-order valence-corrected chi connectivity index (χ1v) is 10.2. The van der Waals surface area contributed by atoms with E-state index in [9.17, 15) is 29.7 Å². The van der Waals surface area contributed by atoms with Crippen LogP contribution >= 0.6 is 0 Å². The van der Waals surface area contributed by atoms with Gasteiger partial charge in [0.15, 0.2) is 11.7 Å². The molecule has 0 aromatic rings. The smallest absolute Gasteiger partial charge is 0.340 e. The molecule has 4 saturated heterocycles. The van der Waals surface area contributed by atoms with Crippen molar-refractivity contribution in [1.29, 1.82) is 0 Å². The summed E-state index contributed by atoms with van der Waals surface area (Å²) in [5.74, 6) is -4.90. The normalized spacial score (nSPS) is 60.1. The van der Waals surface area contributed by atoms with Gasteiger partial charge < -0.3 is 34.3 Å². The summed E-state index contributed by atoms with van der Waals surface area (Å²) in [5.41, 5.74) is -5.96. The largest absolute Gasteiger partial charge is 0.459 e. The van der Waals surface area contributed by atoms with Crippen molar-refractivity contribution in [1.82, 2.24) is 0 Å². The number of hydrogen-bond acceptors (Lipinski definition) is 10. The number of fused-ring (bicyclic) bond motifs is 1. The van der Waals surface area contributed by atoms with E-state index in [1.165, 1.54) is 0 Å². The number of rotatable bonds is 0. The molecule has 10 heteroatoms. The molecule has 2 aliphatic carbocycles. The van der Waals surface area contributed by atoms with Crippen molar-refractivity contribution in [2.45, 2.75) is 70.1 Å². The standard InChI is InChI=1S/C20H24O10/c1-5-6-8(27-13(5)24)10(22)19-12-7(21)9(17(2,3)4)18(19)11(23)14(25)29-16(18)30-20(6,19)15(26)28-12/h5-12,16,21-23H,1-4H3/t5-,6-,7+,8+,9-,10-,11-,12?,16?,18?,19+,20+/m0/s1. The van der Waals surface area contributed by atoms with Gasteiger partial charge in [-0.15, -0.1) is 0 Å². The predicted octanol–water partition coefficient (Wildman–Crippen LogP) is -1.51. The van der Waals surface area contributed by atoms with Crippen molar-refractivity contribution in [3.8, 4) is 0 Å². The molecule has 0 bridgehead atoms. The average Bonchev–Trinajstić information content (AvgIpc) is 3.34. The van der Waals surface area contributed by atoms with E-state index < -0.39 is 94.3 Å². The van der Waals surface area contributed by atoms with Gasteiger partial charge in [0.25, 0.3) is 0 Å². The van der Waals surface area contributed by atoms with E-state index in [0.29, 0.717) is 0 Å². The Labute approximate surface area is 171 Å². The van der Waals surface area contributed by atoms with Crippen molar-refractivity contribution in [2.24, 2.45) is 34.0 Å². The Bertz CT molecular complexity index is 910. The van der Waals surface area contributed by atoms with E-state index in [1.807, 2.05) is 20.8 Å². The fourth-order valence-electron chi connectivity index (χ4n) is 8.28. The van der Waals surface area contributed by atoms with Crippen molar-refractivity contribution in [2.75, 3.05) is 0 Å². The van der Waals surface area contributed by atoms with Gasteiger partial charge in [-0.05, 0) is 5.41 Å². The maximum atomic E-state index is 13.3. The van der Waals surface area contributed by atoms with Gasteiger partial charge in [-0.25, -0.2) is 9.59 Å². The Balaban J connectivity index is 1.71. The predicted molar refractivity (Wildman–Crippen MR) is 91.9 cm³/mol. The van der Waals surface area contributed by atoms with Crippen LogP contribution in [0.2, 0.25) is 0 Å². The molecule has 164 valence electrons. The summed E-state index contributed by atoms with van der Waals surface area (Å²) in [4.78, 5) is 38.2. The minimum absolute atomic E-state index is 0.581. The van der Waals surface area contributed by atoms with Gasteiger partial charge in [-0.3, -0.25) is 4.79 Å². The third-order valence-electron chi connectivity index (χ3n) is 8.76. The second kappa shape index (κ2) is 4.85. The summed E-state index contributed by atoms with van der Waals surface area (Å²) in [6, 6.07) is 0. The van der Waals surface area contributed by atoms with Crippen LogP contribution in [0.1, 0.15) is 27.7 Å². The van der Waals surface area contributed by atoms with Gasteiger partial charge in [0, 0.05) is 5.92 Å². The number of carbonyl (C=O) groups excluding carboxylic acids is 3. The van der Waals surface area contributed by atoms with Crippen LogP contribution < -0.4 is 0 Å². The molecule has 3 unspecified atom stereocenters. The molecule has 0 radical (unpaired) electrons. The highest BCUT2D eigenvalue weighted by atomic mass is 16.7. The van der Waals surface area contributed by atoms with Crippen LogP contribution in [0.3, 0.4) is 0 Å². The van der Waals surface area contributed by atoms with E-state index in [4.69, 9.17) is 18.9 Å². The molecule has 3 N–H and O–H groups in total. The molecule has 2 spiro atoms. The number of hydrogen-bond donors (Lipinski definition) is 3. The van der Waals surface area contributed by atoms with Gasteiger partial charge in [-0.1, -0.05) is 27.7 Å². The van der Waals surface area contributed by atoms with Crippen molar-refractivity contribution >= 4 is 17.9 Å². The van der Waals surface area contributed by atoms with Crippen LogP contribution in [0.5, 0.6) is 0 Å². The maximum absolute atomic E-state index is 13.3. The molecule has 30 heavy (non-hydrogen) atoms. The molecular formula is C20H24O10. The second-order valence-electron chi connectivity index (χ2n) is 10.6. The van der Waals surface area contributed by atoms with Crippen LogP contribution in [-0.2, 0) is 33.3 Å². The minimum atomic E-state index is -1.89. The molecule has 6 rings (SSSR count). The summed E-state index contributed by atoms with van der Waals surface area (Å²) in [7, 11) is 0. The zero-order valence-electron chi connectivity index (χ0n) is 16.9. The Morgan fingerprint density at radius 2 is 1.63 bits per heavy atom. The third-order valence-corrected chi connectivity index (χ3v) is 8.76. The van der Waals surface area contributed by atoms with Gasteiger partial charge in [0.2, 0.25) is 6.29 Å². The number of aliphatic hydroxyl groups is 3. The molecule has 12 atom stereocenters. The molecular weight excluding hydrogens is 400 g/mol. The molecule has 4 aliphatic heterocycles. The highest BCUT2D eigenvalue weighted by molar-refractivity contribution is 5.92. The van der Waals surface area contributed by atoms with E-state index in [2.05, 4.69) is 0 Å². The lowest BCUT2D eigenvalue weighted by atomic mass is 9.51. The quantitative estimate of drug-likeness (QED) is 0.309. The molecule has 0 amide bonds. The zero-order chi connectivity index (χ0) is 21.8. The molecule has 10 nitrogen and oxygen atoms in total. The monoisotopic (exact) mass is 424 g/mol. The van der Waals surface area contributed by atoms with Gasteiger partial charge in [0.1, 0.15) is 18.3 Å². The lowest BCUT2D eigenvalue weighted by molar-refractivity contribution is -0.208. The minimum Gasteiger partial charge on any atom is -0.459 e. The van der Waals surface area contributed by atoms with E-state index in [0.717, 1.165) is 0 Å². The topological polar surface area (TPSA) is 149 Å². The van der Waals surface area contributed by atoms with Crippen LogP contribution in [0, 0.1) is 34.0 Å². The maximum Gasteiger partial charge on any atom is 0.340 e. The SMILES string of the molecule is C[C@@H]1C(=O)O[C@@H]2[C@H]1[C@@]13OC4OC(=O)[C@H](O)C45[C@H](C(C)(C)C)[C@@H](O)C(OC1=O)[C@]53[C@H]2O. The Hall–Kier alpha value is -1.75. The first kappa shape index (κ1) is 19.0. The average molecular weight is 424 g/mol. The molecule has 2 saturated carbocycles. The van der Waals surface area contributed by atoms with Crippen LogP contribution in [0.15, 0.2) is 0 Å². The number of esters is 3. The van der Waals surface area contributed by atoms with Crippen molar-refractivity contribution < 1.29 is 48.7 Å². The molecule has 6 aliphatic rings. The van der Waals surface area contributed by atoms with Gasteiger partial charge >= 0.3 is 17.9 Å². The van der Waals surface area contributed by atoms with E-state index in [1.54, 1.807) is 6.92 Å². The van der Waals surface area contributed by atoms with Crippen molar-refractivity contribution in [3.05, 3.63) is 0 Å². The first-order valence-electron chi connectivity index (χ1n) is 10.2. The summed E-state index contributed by atoms with van der Waals surface area (Å²) in [6.07, 6.45) is -8.29. The Morgan fingerprint density at radius 1 is 0.967 bits per heavy atom. The Kier molecular flexibility index (Phi) is 3.06. The fraction of sp³-hybridized carbons (Fsp3) is 0.850. The first-order chi connectivity index (χ1) is 13.9. The van der Waals surface area contributed by atoms with Crippen LogP contribution in [-0.4, -0.2) is 75.6 Å². The number of aliphatic hydroxyl groups excluding tert-OH is 3. The second-order valence-corrected chi connectivity index (χ2v) is 10.6. The molecule has 4 heterocycles. The van der Waals surface area contributed by atoms with Crippen LogP contribution in [0.4, 0.5) is 0 Å². The number of carbonyl (C=O) groups is 3. The Morgan fingerprint density at radius 3 is 2.27 bits per heavy atom. The molecule has 6 fully saturated rings. The molecule has 0 aromatic carbocycles. The summed E-state index contributed by atoms with van der Waals surface area (Å²) < 4.78 is 22.7. The highest BCUT2D eigenvalue weighted by Gasteiger charge is 3.01. The number of ether oxygens (including phenoxy) is 4. The molecule has 0 aromatic heterocycles. The highest BCUT2D eigenvalue weighted by Crippen LogP contribution is 2.83. The summed E-state index contributed by atoms with van der Waals surface area (Å²) >= 11 is 0. The summed E-state index contributed by atoms with van der Waals surface area (Å²) in [6.45, 7) is 7.05. The summed E-state index contributed by atoms with van der Waals surface area (Å²) in [5, 5.41) is 34.2. The third kappa shape index (κ3) is 1.40. The van der Waals surface area contributed by atoms with E-state index in [-0.39, 0.29) is 0 Å². The van der Waals surface area contributed by atoms with Gasteiger partial charge in [-0.2, -0.15) is 0 Å².